The summed E-state index contributed by atoms with van der Waals surface area (Å²) in [7, 11) is 2.03. The van der Waals surface area contributed by atoms with Crippen LogP contribution in [0.1, 0.15) is 24.5 Å². The van der Waals surface area contributed by atoms with Crippen LogP contribution in [0, 0.1) is 5.41 Å². The van der Waals surface area contributed by atoms with Gasteiger partial charge in [0.15, 0.2) is 0 Å². The number of benzene rings is 2. The molecular weight excluding hydrogens is 300 g/mol. The summed E-state index contributed by atoms with van der Waals surface area (Å²) in [6.07, 6.45) is 2.95. The quantitative estimate of drug-likeness (QED) is 0.704. The Hall–Kier alpha value is -2.88. The highest BCUT2D eigenvalue weighted by molar-refractivity contribution is 6.10. The Morgan fingerprint density at radius 1 is 1.08 bits per heavy atom. The number of carbonyl (C=O) groups is 1. The second-order valence-electron chi connectivity index (χ2n) is 5.56. The molecule has 0 fully saturated rings. The summed E-state index contributed by atoms with van der Waals surface area (Å²) in [4.78, 5) is 9.37. The van der Waals surface area contributed by atoms with Crippen molar-refractivity contribution in [3.05, 3.63) is 71.9 Å². The third kappa shape index (κ3) is 4.32. The van der Waals surface area contributed by atoms with Gasteiger partial charge in [0.25, 0.3) is 0 Å². The van der Waals surface area contributed by atoms with E-state index < -0.39 is 5.97 Å². The highest BCUT2D eigenvalue weighted by Gasteiger charge is 2.10. The van der Waals surface area contributed by atoms with E-state index in [9.17, 15) is 4.79 Å². The number of carboxylic acids is 1. The normalized spacial score (nSPS) is 10.1. The molecule has 0 aliphatic heterocycles. The number of aryl methyl sites for hydroxylation is 1. The largest absolute Gasteiger partial charge is 0.481 e. The van der Waals surface area contributed by atoms with Crippen molar-refractivity contribution in [1.29, 1.82) is 5.41 Å². The monoisotopic (exact) mass is 322 g/mol. The molecule has 0 aliphatic rings. The maximum absolute atomic E-state index is 9.37. The van der Waals surface area contributed by atoms with Gasteiger partial charge in [0.05, 0.1) is 0 Å². The third-order valence-corrected chi connectivity index (χ3v) is 3.75. The van der Waals surface area contributed by atoms with Gasteiger partial charge in [-0.3, -0.25) is 4.79 Å². The maximum atomic E-state index is 9.37. The lowest BCUT2D eigenvalue weighted by Gasteiger charge is -2.03. The average Bonchev–Trinajstić information content (AvgIpc) is 2.94. The minimum Gasteiger partial charge on any atom is -0.481 e. The maximum Gasteiger partial charge on any atom is 0.303 e. The molecule has 0 bridgehead atoms. The Balaban J connectivity index is 0.000000368. The van der Waals surface area contributed by atoms with Crippen molar-refractivity contribution in [2.75, 3.05) is 0 Å². The predicted molar refractivity (Wildman–Crippen MR) is 97.8 cm³/mol. The van der Waals surface area contributed by atoms with Gasteiger partial charge in [-0.15, -0.1) is 0 Å². The molecule has 4 nitrogen and oxygen atoms in total. The summed E-state index contributed by atoms with van der Waals surface area (Å²) in [6, 6.07) is 18.4. The van der Waals surface area contributed by atoms with Gasteiger partial charge < -0.3 is 15.1 Å². The zero-order valence-corrected chi connectivity index (χ0v) is 14.0. The van der Waals surface area contributed by atoms with Crippen molar-refractivity contribution < 1.29 is 9.90 Å². The lowest BCUT2D eigenvalue weighted by molar-refractivity contribution is -0.136. The number of para-hydroxylation sites is 1. The Bertz CT molecular complexity index is 835. The number of hydrogen-bond acceptors (Lipinski definition) is 2. The molecule has 0 aliphatic carbocycles. The van der Waals surface area contributed by atoms with Crippen molar-refractivity contribution in [2.45, 2.75) is 19.8 Å². The van der Waals surface area contributed by atoms with Gasteiger partial charge in [-0.25, -0.2) is 0 Å². The van der Waals surface area contributed by atoms with Crippen molar-refractivity contribution in [3.63, 3.8) is 0 Å². The van der Waals surface area contributed by atoms with Crippen molar-refractivity contribution in [1.82, 2.24) is 4.57 Å². The molecule has 0 saturated heterocycles. The molecule has 1 aromatic heterocycles. The second kappa shape index (κ2) is 8.11. The molecule has 3 rings (SSSR count). The molecule has 124 valence electrons. The molecule has 24 heavy (non-hydrogen) atoms. The number of nitrogens with zero attached hydrogens (tertiary/aromatic N) is 1. The molecule has 0 unspecified atom stereocenters. The van der Waals surface area contributed by atoms with Gasteiger partial charge in [-0.2, -0.15) is 0 Å². The highest BCUT2D eigenvalue weighted by atomic mass is 16.4. The van der Waals surface area contributed by atoms with Crippen LogP contribution in [0.5, 0.6) is 0 Å². The molecule has 4 heteroatoms. The van der Waals surface area contributed by atoms with E-state index in [1.54, 1.807) is 6.92 Å². The summed E-state index contributed by atoms with van der Waals surface area (Å²) in [6.45, 7) is 1.60. The summed E-state index contributed by atoms with van der Waals surface area (Å²) >= 11 is 0. The minimum atomic E-state index is -0.745. The van der Waals surface area contributed by atoms with Crippen LogP contribution < -0.4 is 0 Å². The fraction of sp³-hybridized carbons (Fsp3) is 0.200. The van der Waals surface area contributed by atoms with E-state index in [4.69, 9.17) is 10.5 Å². The van der Waals surface area contributed by atoms with Gasteiger partial charge >= 0.3 is 5.97 Å². The number of fused-ring (bicyclic) bond motifs is 1. The average molecular weight is 322 g/mol. The predicted octanol–water partition coefficient (Wildman–Crippen LogP) is 4.27. The Morgan fingerprint density at radius 3 is 2.29 bits per heavy atom. The number of nitrogens with one attached hydrogen (secondary N) is 1. The van der Waals surface area contributed by atoms with Crippen LogP contribution in [0.15, 0.2) is 60.8 Å². The summed E-state index contributed by atoms with van der Waals surface area (Å²) in [5.41, 5.74) is 4.06. The zero-order chi connectivity index (χ0) is 17.5. The summed E-state index contributed by atoms with van der Waals surface area (Å²) in [5, 5.41) is 17.2. The van der Waals surface area contributed by atoms with Crippen LogP contribution in [0.4, 0.5) is 0 Å². The number of aromatic nitrogens is 1. The first-order chi connectivity index (χ1) is 11.5. The van der Waals surface area contributed by atoms with E-state index in [2.05, 4.69) is 35.0 Å². The summed E-state index contributed by atoms with van der Waals surface area (Å²) < 4.78 is 2.09. The highest BCUT2D eigenvalue weighted by Crippen LogP contribution is 2.21. The van der Waals surface area contributed by atoms with Crippen LogP contribution in [-0.2, 0) is 18.3 Å². The van der Waals surface area contributed by atoms with E-state index in [1.807, 2.05) is 37.4 Å². The molecule has 1 heterocycles. The first-order valence-electron chi connectivity index (χ1n) is 7.90. The van der Waals surface area contributed by atoms with Gasteiger partial charge in [0.2, 0.25) is 0 Å². The van der Waals surface area contributed by atoms with Crippen LogP contribution >= 0.6 is 0 Å². The van der Waals surface area contributed by atoms with Gasteiger partial charge in [0.1, 0.15) is 0 Å². The van der Waals surface area contributed by atoms with Crippen molar-refractivity contribution in [3.8, 4) is 0 Å². The molecule has 0 atom stereocenters. The first-order valence-corrected chi connectivity index (χ1v) is 7.90. The second-order valence-corrected chi connectivity index (χ2v) is 5.56. The minimum absolute atomic E-state index is 0.222. The number of carboxylic acid groups (broad SMARTS) is 1. The van der Waals surface area contributed by atoms with Crippen molar-refractivity contribution >= 4 is 22.6 Å². The lowest BCUT2D eigenvalue weighted by Crippen LogP contribution is -2.02. The zero-order valence-electron chi connectivity index (χ0n) is 14.0. The standard InChI is InChI=1S/C17H16N2.C3H6O2/c1-19-12-15(14-9-5-6-10-17(14)19)16(18)11-13-7-3-2-4-8-13;1-2-3(4)5/h2-10,12,18H,11H2,1H3;2H2,1H3,(H,4,5). The SMILES string of the molecule is CCC(=O)O.Cn1cc(C(=N)Cc2ccccc2)c2ccccc21. The van der Waals surface area contributed by atoms with E-state index in [0.717, 1.165) is 10.9 Å². The smallest absolute Gasteiger partial charge is 0.303 e. The topological polar surface area (TPSA) is 66.1 Å². The van der Waals surface area contributed by atoms with Gasteiger partial charge in [-0.05, 0) is 11.6 Å². The number of hydrogen-bond donors (Lipinski definition) is 2. The van der Waals surface area contributed by atoms with E-state index >= 15 is 0 Å². The third-order valence-electron chi connectivity index (χ3n) is 3.75. The molecule has 0 amide bonds. The van der Waals surface area contributed by atoms with Crippen LogP contribution in [0.25, 0.3) is 10.9 Å². The van der Waals surface area contributed by atoms with Crippen LogP contribution in [0.2, 0.25) is 0 Å². The lowest BCUT2D eigenvalue weighted by atomic mass is 10.0. The molecule has 0 spiro atoms. The van der Waals surface area contributed by atoms with Gasteiger partial charge in [-0.1, -0.05) is 55.5 Å². The fourth-order valence-electron chi connectivity index (χ4n) is 2.48. The fourth-order valence-corrected chi connectivity index (χ4v) is 2.48. The molecule has 2 N–H and O–H groups in total. The molecule has 3 aromatic rings. The number of aliphatic carboxylic acids is 1. The van der Waals surface area contributed by atoms with E-state index in [0.29, 0.717) is 12.1 Å². The van der Waals surface area contributed by atoms with E-state index in [-0.39, 0.29) is 6.42 Å². The van der Waals surface area contributed by atoms with E-state index in [1.165, 1.54) is 11.1 Å². The molecular formula is C20H22N2O2. The summed E-state index contributed by atoms with van der Waals surface area (Å²) in [5.74, 6) is -0.745. The van der Waals surface area contributed by atoms with Crippen LogP contribution in [0.3, 0.4) is 0 Å². The van der Waals surface area contributed by atoms with Crippen molar-refractivity contribution in [2.24, 2.45) is 7.05 Å². The molecule has 0 saturated carbocycles. The Morgan fingerprint density at radius 2 is 1.67 bits per heavy atom. The Kier molecular flexibility index (Phi) is 5.90. The Labute approximate surface area is 141 Å². The van der Waals surface area contributed by atoms with Crippen LogP contribution in [-0.4, -0.2) is 21.4 Å². The first kappa shape index (κ1) is 17.5. The molecule has 2 aromatic carbocycles. The van der Waals surface area contributed by atoms with Gasteiger partial charge in [0, 0.05) is 48.3 Å². The molecule has 0 radical (unpaired) electrons. The number of rotatable bonds is 4.